The molecule has 138 valence electrons. The van der Waals surface area contributed by atoms with E-state index < -0.39 is 0 Å². The number of rotatable bonds is 6. The first-order valence-electron chi connectivity index (χ1n) is 8.76. The van der Waals surface area contributed by atoms with E-state index in [2.05, 4.69) is 15.6 Å². The number of methoxy groups -OCH3 is 1. The summed E-state index contributed by atoms with van der Waals surface area (Å²) >= 11 is 0. The van der Waals surface area contributed by atoms with E-state index in [0.29, 0.717) is 17.9 Å². The van der Waals surface area contributed by atoms with Crippen LogP contribution in [0.5, 0.6) is 5.75 Å². The van der Waals surface area contributed by atoms with Gasteiger partial charge in [0.05, 0.1) is 7.11 Å². The first kappa shape index (κ1) is 18.5. The van der Waals surface area contributed by atoms with Crippen LogP contribution in [0.25, 0.3) is 0 Å². The van der Waals surface area contributed by atoms with E-state index in [1.165, 1.54) is 0 Å². The van der Waals surface area contributed by atoms with Gasteiger partial charge in [0.15, 0.2) is 0 Å². The molecule has 0 aliphatic heterocycles. The number of carbonyl (C=O) groups is 1. The highest BCUT2D eigenvalue weighted by atomic mass is 16.5. The third kappa shape index (κ3) is 4.85. The van der Waals surface area contributed by atoms with Crippen LogP contribution in [-0.2, 0) is 6.54 Å². The normalized spacial score (nSPS) is 10.3. The SMILES string of the molecule is COc1ccc(CNc2cc(C(=O)Nc3cc(C)ccc3C)ccn2)cc1. The topological polar surface area (TPSA) is 63.2 Å². The van der Waals surface area contributed by atoms with Crippen LogP contribution in [0.3, 0.4) is 0 Å². The Labute approximate surface area is 159 Å². The molecule has 5 nitrogen and oxygen atoms in total. The lowest BCUT2D eigenvalue weighted by Gasteiger charge is -2.11. The summed E-state index contributed by atoms with van der Waals surface area (Å²) in [6.45, 7) is 4.59. The average molecular weight is 361 g/mol. The first-order chi connectivity index (χ1) is 13.0. The zero-order chi connectivity index (χ0) is 19.2. The lowest BCUT2D eigenvalue weighted by molar-refractivity contribution is 0.102. The highest BCUT2D eigenvalue weighted by molar-refractivity contribution is 6.05. The number of nitrogens with zero attached hydrogens (tertiary/aromatic N) is 1. The molecule has 1 aromatic heterocycles. The number of ether oxygens (including phenoxy) is 1. The highest BCUT2D eigenvalue weighted by Gasteiger charge is 2.09. The molecule has 0 spiro atoms. The van der Waals surface area contributed by atoms with E-state index in [1.807, 2.05) is 56.3 Å². The van der Waals surface area contributed by atoms with Crippen molar-refractivity contribution in [3.05, 3.63) is 83.0 Å². The number of nitrogens with one attached hydrogen (secondary N) is 2. The standard InChI is InChI=1S/C22H23N3O2/c1-15-4-5-16(2)20(12-15)25-22(26)18-10-11-23-21(13-18)24-14-17-6-8-19(27-3)9-7-17/h4-13H,14H2,1-3H3,(H,23,24)(H,25,26). The molecule has 1 amide bonds. The lowest BCUT2D eigenvalue weighted by atomic mass is 10.1. The fourth-order valence-electron chi connectivity index (χ4n) is 2.67. The maximum Gasteiger partial charge on any atom is 0.255 e. The van der Waals surface area contributed by atoms with Crippen LogP contribution in [0.15, 0.2) is 60.8 Å². The van der Waals surface area contributed by atoms with Crippen LogP contribution in [0.1, 0.15) is 27.0 Å². The fraction of sp³-hybridized carbons (Fsp3) is 0.182. The smallest absolute Gasteiger partial charge is 0.255 e. The van der Waals surface area contributed by atoms with Gasteiger partial charge in [0, 0.05) is 24.0 Å². The minimum Gasteiger partial charge on any atom is -0.497 e. The van der Waals surface area contributed by atoms with Crippen LogP contribution in [-0.4, -0.2) is 18.0 Å². The van der Waals surface area contributed by atoms with Crippen molar-refractivity contribution in [2.75, 3.05) is 17.7 Å². The van der Waals surface area contributed by atoms with Crippen molar-refractivity contribution in [3.8, 4) is 5.75 Å². The molecule has 0 atom stereocenters. The van der Waals surface area contributed by atoms with Crippen LogP contribution in [0.2, 0.25) is 0 Å². The fourth-order valence-corrected chi connectivity index (χ4v) is 2.67. The molecule has 5 heteroatoms. The summed E-state index contributed by atoms with van der Waals surface area (Å²) in [4.78, 5) is 16.9. The molecule has 0 unspecified atom stereocenters. The Bertz CT molecular complexity index is 937. The van der Waals surface area contributed by atoms with Crippen molar-refractivity contribution >= 4 is 17.4 Å². The summed E-state index contributed by atoms with van der Waals surface area (Å²) < 4.78 is 5.16. The predicted molar refractivity (Wildman–Crippen MR) is 108 cm³/mol. The van der Waals surface area contributed by atoms with Crippen LogP contribution in [0.4, 0.5) is 11.5 Å². The van der Waals surface area contributed by atoms with Crippen molar-refractivity contribution in [2.24, 2.45) is 0 Å². The van der Waals surface area contributed by atoms with Gasteiger partial charge in [0.1, 0.15) is 11.6 Å². The van der Waals surface area contributed by atoms with Gasteiger partial charge in [-0.15, -0.1) is 0 Å². The molecule has 2 aromatic carbocycles. The molecule has 27 heavy (non-hydrogen) atoms. The van der Waals surface area contributed by atoms with Crippen LogP contribution < -0.4 is 15.4 Å². The van der Waals surface area contributed by atoms with Gasteiger partial charge in [-0.3, -0.25) is 4.79 Å². The number of anilines is 2. The Morgan fingerprint density at radius 2 is 1.81 bits per heavy atom. The van der Waals surface area contributed by atoms with Crippen molar-refractivity contribution in [2.45, 2.75) is 20.4 Å². The number of amides is 1. The molecule has 2 N–H and O–H groups in total. The summed E-state index contributed by atoms with van der Waals surface area (Å²) in [6.07, 6.45) is 1.63. The molecule has 0 aliphatic rings. The lowest BCUT2D eigenvalue weighted by Crippen LogP contribution is -2.13. The van der Waals surface area contributed by atoms with Crippen LogP contribution in [0, 0.1) is 13.8 Å². The van der Waals surface area contributed by atoms with E-state index in [4.69, 9.17) is 4.74 Å². The van der Waals surface area contributed by atoms with E-state index in [9.17, 15) is 4.79 Å². The minimum atomic E-state index is -0.154. The number of pyridine rings is 1. The van der Waals surface area contributed by atoms with Crippen molar-refractivity contribution < 1.29 is 9.53 Å². The van der Waals surface area contributed by atoms with Gasteiger partial charge in [-0.2, -0.15) is 0 Å². The Morgan fingerprint density at radius 1 is 1.04 bits per heavy atom. The zero-order valence-corrected chi connectivity index (χ0v) is 15.7. The zero-order valence-electron chi connectivity index (χ0n) is 15.7. The number of benzene rings is 2. The number of carbonyl (C=O) groups excluding carboxylic acids is 1. The van der Waals surface area contributed by atoms with Crippen LogP contribution >= 0.6 is 0 Å². The maximum absolute atomic E-state index is 12.6. The average Bonchev–Trinajstić information content (AvgIpc) is 2.69. The summed E-state index contributed by atoms with van der Waals surface area (Å²) in [5, 5.41) is 6.22. The molecule has 0 saturated carbocycles. The molecule has 1 heterocycles. The summed E-state index contributed by atoms with van der Waals surface area (Å²) in [7, 11) is 1.64. The van der Waals surface area contributed by atoms with Gasteiger partial charge >= 0.3 is 0 Å². The van der Waals surface area contributed by atoms with Gasteiger partial charge in [-0.05, 0) is 60.9 Å². The first-order valence-corrected chi connectivity index (χ1v) is 8.76. The number of aryl methyl sites for hydroxylation is 2. The Morgan fingerprint density at radius 3 is 2.56 bits per heavy atom. The highest BCUT2D eigenvalue weighted by Crippen LogP contribution is 2.18. The Kier molecular flexibility index (Phi) is 5.71. The predicted octanol–water partition coefficient (Wildman–Crippen LogP) is 4.57. The van der Waals surface area contributed by atoms with Gasteiger partial charge in [0.2, 0.25) is 0 Å². The van der Waals surface area contributed by atoms with E-state index in [0.717, 1.165) is 28.1 Å². The second-order valence-electron chi connectivity index (χ2n) is 6.40. The molecule has 0 fully saturated rings. The summed E-state index contributed by atoms with van der Waals surface area (Å²) in [5.74, 6) is 1.32. The molecular formula is C22H23N3O2. The third-order valence-corrected chi connectivity index (χ3v) is 4.30. The third-order valence-electron chi connectivity index (χ3n) is 4.30. The molecule has 3 rings (SSSR count). The maximum atomic E-state index is 12.6. The van der Waals surface area contributed by atoms with E-state index in [-0.39, 0.29) is 5.91 Å². The molecular weight excluding hydrogens is 338 g/mol. The monoisotopic (exact) mass is 361 g/mol. The molecule has 0 aliphatic carbocycles. The summed E-state index contributed by atoms with van der Waals surface area (Å²) in [6, 6.07) is 17.3. The van der Waals surface area contributed by atoms with Gasteiger partial charge in [-0.1, -0.05) is 24.3 Å². The van der Waals surface area contributed by atoms with Crippen molar-refractivity contribution in [3.63, 3.8) is 0 Å². The second-order valence-corrected chi connectivity index (χ2v) is 6.40. The van der Waals surface area contributed by atoms with Gasteiger partial charge in [-0.25, -0.2) is 4.98 Å². The van der Waals surface area contributed by atoms with E-state index >= 15 is 0 Å². The molecule has 0 bridgehead atoms. The van der Waals surface area contributed by atoms with Crippen molar-refractivity contribution in [1.82, 2.24) is 4.98 Å². The second kappa shape index (κ2) is 8.36. The molecule has 0 radical (unpaired) electrons. The van der Waals surface area contributed by atoms with E-state index in [1.54, 1.807) is 25.4 Å². The minimum absolute atomic E-state index is 0.154. The van der Waals surface area contributed by atoms with Gasteiger partial charge < -0.3 is 15.4 Å². The Hall–Kier alpha value is -3.34. The quantitative estimate of drug-likeness (QED) is 0.675. The summed E-state index contributed by atoms with van der Waals surface area (Å²) in [5.41, 5.74) is 4.61. The molecule has 3 aromatic rings. The van der Waals surface area contributed by atoms with Crippen molar-refractivity contribution in [1.29, 1.82) is 0 Å². The number of aromatic nitrogens is 1. The Balaban J connectivity index is 1.67. The largest absolute Gasteiger partial charge is 0.497 e. The van der Waals surface area contributed by atoms with Gasteiger partial charge in [0.25, 0.3) is 5.91 Å². The number of hydrogen-bond acceptors (Lipinski definition) is 4. The molecule has 0 saturated heterocycles. The number of hydrogen-bond donors (Lipinski definition) is 2.